The Hall–Kier alpha value is 0.491. The molecule has 0 radical (unpaired) electrons. The van der Waals surface area contributed by atoms with Crippen molar-refractivity contribution >= 4 is 25.2 Å². The van der Waals surface area contributed by atoms with E-state index >= 15 is 0 Å². The summed E-state index contributed by atoms with van der Waals surface area (Å²) in [4.78, 5) is 0. The maximum absolute atomic E-state index is 6.71. The van der Waals surface area contributed by atoms with Crippen LogP contribution in [0.3, 0.4) is 0 Å². The quantitative estimate of drug-likeness (QED) is 0.169. The van der Waals surface area contributed by atoms with Gasteiger partial charge in [0.05, 0.1) is 0 Å². The van der Waals surface area contributed by atoms with Crippen LogP contribution < -0.4 is 10.6 Å². The zero-order valence-electron chi connectivity index (χ0n) is 19.8. The number of nitrogens with one attached hydrogen (secondary N) is 2. The van der Waals surface area contributed by atoms with Crippen molar-refractivity contribution in [1.29, 1.82) is 0 Å². The van der Waals surface area contributed by atoms with Crippen molar-refractivity contribution < 1.29 is 8.23 Å². The van der Waals surface area contributed by atoms with E-state index in [0.717, 1.165) is 26.2 Å². The van der Waals surface area contributed by atoms with E-state index in [1.165, 1.54) is 50.6 Å². The van der Waals surface area contributed by atoms with Crippen molar-refractivity contribution in [3.63, 3.8) is 0 Å². The zero-order valence-corrected chi connectivity index (χ0v) is 22.8. The second kappa shape index (κ2) is 18.1. The lowest BCUT2D eigenvalue weighted by molar-refractivity contribution is 0.386. The molecular weight excluding hydrogens is 409 g/mol. The number of hydrogen-bond acceptors (Lipinski definition) is 4. The molecule has 0 aromatic carbocycles. The Balaban J connectivity index is -0.00000338. The fourth-order valence-electron chi connectivity index (χ4n) is 3.66. The molecule has 0 spiro atoms. The number of hydrogen-bond donors (Lipinski definition) is 2. The molecule has 2 N–H and O–H groups in total. The smallest absolute Gasteiger partial charge is 0.311 e. The molecule has 0 aromatic heterocycles. The van der Waals surface area contributed by atoms with Crippen LogP contribution in [0.5, 0.6) is 0 Å². The Labute approximate surface area is 188 Å². The van der Waals surface area contributed by atoms with E-state index in [4.69, 9.17) is 8.23 Å². The largest absolute Gasteiger partial charge is 0.437 e. The van der Waals surface area contributed by atoms with Crippen LogP contribution in [0.4, 0.5) is 0 Å². The Bertz CT molecular complexity index is 336. The number of unbranched alkanes of at least 4 members (excludes halogenated alkanes) is 2. The third kappa shape index (κ3) is 21.5. The van der Waals surface area contributed by atoms with Crippen molar-refractivity contribution in [2.75, 3.05) is 26.2 Å². The maximum atomic E-state index is 6.71. The first-order valence-electron chi connectivity index (χ1n) is 11.4. The lowest BCUT2D eigenvalue weighted by atomic mass is 10.3. The lowest BCUT2D eigenvalue weighted by Gasteiger charge is -2.39. The minimum Gasteiger partial charge on any atom is -0.437 e. The van der Waals surface area contributed by atoms with Crippen LogP contribution >= 0.6 is 0 Å². The van der Waals surface area contributed by atoms with Crippen molar-refractivity contribution in [2.45, 2.75) is 119 Å². The normalized spacial score (nSPS) is 12.4. The summed E-state index contributed by atoms with van der Waals surface area (Å²) in [5.41, 5.74) is 0. The molecule has 0 aliphatic heterocycles. The van der Waals surface area contributed by atoms with Gasteiger partial charge in [0, 0.05) is 0 Å². The van der Waals surface area contributed by atoms with Crippen molar-refractivity contribution in [3.05, 3.63) is 0 Å². The lowest BCUT2D eigenvalue weighted by Crippen LogP contribution is -2.52. The van der Waals surface area contributed by atoms with E-state index in [0.29, 0.717) is 0 Å². The molecule has 0 unspecified atom stereocenters. The minimum absolute atomic E-state index is 0. The summed E-state index contributed by atoms with van der Waals surface area (Å²) >= 11 is 0. The predicted octanol–water partition coefficient (Wildman–Crippen LogP) is 6.96. The third-order valence-corrected chi connectivity index (χ3v) is 16.1. The number of rotatable bonds is 18. The predicted molar refractivity (Wildman–Crippen MR) is 142 cm³/mol. The standard InChI is InChI=1S/C20H50N2O2Si3.2CH4/c1-9-15-21-17-11-13-19-25(3,4)23-27(7,8)24-26(5,6)20-14-12-18-22-16-10-2;;/h21-22H,9-20H2,1-8H3;2*1H4. The van der Waals surface area contributed by atoms with Crippen LogP contribution in [0.2, 0.25) is 51.4 Å². The highest BCUT2D eigenvalue weighted by molar-refractivity contribution is 6.87. The Kier molecular flexibility index (Phi) is 21.3. The monoisotopic (exact) mass is 466 g/mol. The van der Waals surface area contributed by atoms with E-state index < -0.39 is 25.2 Å². The van der Waals surface area contributed by atoms with Gasteiger partial charge in [-0.1, -0.05) is 41.5 Å². The summed E-state index contributed by atoms with van der Waals surface area (Å²) in [5.74, 6) is 0. The van der Waals surface area contributed by atoms with Gasteiger partial charge in [-0.25, -0.2) is 0 Å². The SMILES string of the molecule is C.C.CCCNCCCC[Si](C)(C)O[Si](C)(C)O[Si](C)(C)CCCCNCCC. The summed E-state index contributed by atoms with van der Waals surface area (Å²) in [6.45, 7) is 23.0. The van der Waals surface area contributed by atoms with Crippen LogP contribution in [-0.2, 0) is 8.23 Å². The minimum atomic E-state index is -2.04. The van der Waals surface area contributed by atoms with Gasteiger partial charge in [0.2, 0.25) is 0 Å². The van der Waals surface area contributed by atoms with Gasteiger partial charge < -0.3 is 18.9 Å². The first-order valence-corrected chi connectivity index (χ1v) is 20.4. The Morgan fingerprint density at radius 2 is 0.897 bits per heavy atom. The summed E-state index contributed by atoms with van der Waals surface area (Å²) in [6.07, 6.45) is 7.49. The van der Waals surface area contributed by atoms with Crippen LogP contribution in [-0.4, -0.2) is 51.4 Å². The molecule has 0 aliphatic carbocycles. The molecule has 0 heterocycles. The van der Waals surface area contributed by atoms with Gasteiger partial charge in [-0.2, -0.15) is 0 Å². The highest BCUT2D eigenvalue weighted by Gasteiger charge is 2.39. The van der Waals surface area contributed by atoms with Crippen molar-refractivity contribution in [2.24, 2.45) is 0 Å². The second-order valence-corrected chi connectivity index (χ2v) is 22.0. The highest BCUT2D eigenvalue weighted by Crippen LogP contribution is 2.26. The van der Waals surface area contributed by atoms with Gasteiger partial charge >= 0.3 is 8.56 Å². The van der Waals surface area contributed by atoms with Gasteiger partial charge in [0.25, 0.3) is 0 Å². The zero-order chi connectivity index (χ0) is 20.8. The summed E-state index contributed by atoms with van der Waals surface area (Å²) in [6, 6.07) is 2.48. The summed E-state index contributed by atoms with van der Waals surface area (Å²) < 4.78 is 13.4. The molecule has 0 amide bonds. The molecule has 0 aromatic rings. The Morgan fingerprint density at radius 3 is 1.21 bits per heavy atom. The fraction of sp³-hybridized carbons (Fsp3) is 1.00. The van der Waals surface area contributed by atoms with Gasteiger partial charge in [-0.3, -0.25) is 0 Å². The molecule has 0 aliphatic rings. The summed E-state index contributed by atoms with van der Waals surface area (Å²) in [5, 5.41) is 6.99. The van der Waals surface area contributed by atoms with Crippen LogP contribution in [0.1, 0.15) is 67.2 Å². The maximum Gasteiger partial charge on any atom is 0.311 e. The highest BCUT2D eigenvalue weighted by atomic mass is 28.5. The molecule has 0 saturated carbocycles. The van der Waals surface area contributed by atoms with Crippen LogP contribution in [0.15, 0.2) is 0 Å². The second-order valence-electron chi connectivity index (χ2n) is 9.54. The van der Waals surface area contributed by atoms with Gasteiger partial charge in [-0.15, -0.1) is 0 Å². The molecule has 4 nitrogen and oxygen atoms in total. The topological polar surface area (TPSA) is 42.5 Å². The van der Waals surface area contributed by atoms with E-state index in [1.807, 2.05) is 0 Å². The van der Waals surface area contributed by atoms with E-state index in [1.54, 1.807) is 0 Å². The van der Waals surface area contributed by atoms with Gasteiger partial charge in [0.1, 0.15) is 0 Å². The summed E-state index contributed by atoms with van der Waals surface area (Å²) in [7, 11) is -5.32. The molecular formula is C22H58N2O2Si3. The average molecular weight is 467 g/mol. The molecule has 0 atom stereocenters. The first-order chi connectivity index (χ1) is 12.5. The molecule has 0 bridgehead atoms. The fourth-order valence-corrected chi connectivity index (χ4v) is 17.9. The van der Waals surface area contributed by atoms with Gasteiger partial charge in [0.15, 0.2) is 16.6 Å². The Morgan fingerprint density at radius 1 is 0.552 bits per heavy atom. The molecule has 0 rings (SSSR count). The van der Waals surface area contributed by atoms with E-state index in [2.05, 4.69) is 63.8 Å². The molecule has 7 heteroatoms. The van der Waals surface area contributed by atoms with Crippen LogP contribution in [0, 0.1) is 0 Å². The van der Waals surface area contributed by atoms with Crippen molar-refractivity contribution in [1.82, 2.24) is 10.6 Å². The first kappa shape index (κ1) is 34.1. The molecule has 180 valence electrons. The van der Waals surface area contributed by atoms with Crippen molar-refractivity contribution in [3.8, 4) is 0 Å². The average Bonchev–Trinajstić information content (AvgIpc) is 2.51. The molecule has 0 saturated heterocycles. The van der Waals surface area contributed by atoms with Crippen LogP contribution in [0.25, 0.3) is 0 Å². The van der Waals surface area contributed by atoms with Gasteiger partial charge in [-0.05, 0) is 103 Å². The molecule has 0 fully saturated rings. The molecule has 29 heavy (non-hydrogen) atoms. The third-order valence-electron chi connectivity index (χ3n) is 4.66. The van der Waals surface area contributed by atoms with E-state index in [-0.39, 0.29) is 14.9 Å². The van der Waals surface area contributed by atoms with E-state index in [9.17, 15) is 0 Å².